The Kier molecular flexibility index (Phi) is 6.03. The Morgan fingerprint density at radius 2 is 2.06 bits per heavy atom. The summed E-state index contributed by atoms with van der Waals surface area (Å²) in [5.41, 5.74) is 4.39. The van der Waals surface area contributed by atoms with Gasteiger partial charge >= 0.3 is 5.97 Å². The molecule has 0 aromatic rings. The molecule has 5 nitrogen and oxygen atoms in total. The molecule has 0 rings (SSSR count). The Morgan fingerprint density at radius 3 is 2.44 bits per heavy atom. The Hall–Kier alpha value is -1.10. The molecule has 0 radical (unpaired) electrons. The molecule has 0 aliphatic heterocycles. The number of carboxylic acid groups (broad SMARTS) is 1. The highest BCUT2D eigenvalue weighted by molar-refractivity contribution is 5.86. The van der Waals surface area contributed by atoms with Crippen LogP contribution in [0.1, 0.15) is 46.5 Å². The molecule has 0 heterocycles. The number of amides is 1. The smallest absolute Gasteiger partial charge is 0.329 e. The van der Waals surface area contributed by atoms with E-state index in [4.69, 9.17) is 10.8 Å². The van der Waals surface area contributed by atoms with Gasteiger partial charge in [-0.15, -0.1) is 0 Å². The molecule has 0 aliphatic rings. The Morgan fingerprint density at radius 1 is 1.50 bits per heavy atom. The molecule has 0 aromatic carbocycles. The van der Waals surface area contributed by atoms with Crippen LogP contribution in [0.4, 0.5) is 0 Å². The fourth-order valence-electron chi connectivity index (χ4n) is 1.25. The first-order valence-electron chi connectivity index (χ1n) is 5.62. The minimum Gasteiger partial charge on any atom is -0.480 e. The average Bonchev–Trinajstić information content (AvgIpc) is 2.16. The largest absolute Gasteiger partial charge is 0.480 e. The molecule has 1 amide bonds. The lowest BCUT2D eigenvalue weighted by Gasteiger charge is -2.24. The molecule has 94 valence electrons. The van der Waals surface area contributed by atoms with Crippen molar-refractivity contribution in [3.05, 3.63) is 0 Å². The van der Waals surface area contributed by atoms with Crippen molar-refractivity contribution in [1.29, 1.82) is 0 Å². The Bertz CT molecular complexity index is 254. The minimum atomic E-state index is -1.16. The van der Waals surface area contributed by atoms with Crippen molar-refractivity contribution in [1.82, 2.24) is 5.32 Å². The number of aliphatic carboxylic acids is 1. The molecule has 16 heavy (non-hydrogen) atoms. The first-order chi connectivity index (χ1) is 7.31. The van der Waals surface area contributed by atoms with Gasteiger partial charge < -0.3 is 16.2 Å². The van der Waals surface area contributed by atoms with Crippen LogP contribution in [0.5, 0.6) is 0 Å². The van der Waals surface area contributed by atoms with E-state index in [0.29, 0.717) is 19.3 Å². The molecule has 0 bridgehead atoms. The molecule has 4 N–H and O–H groups in total. The Labute approximate surface area is 96.4 Å². The molecule has 0 saturated heterocycles. The predicted molar refractivity (Wildman–Crippen MR) is 62.0 cm³/mol. The van der Waals surface area contributed by atoms with Crippen molar-refractivity contribution in [3.63, 3.8) is 0 Å². The summed E-state index contributed by atoms with van der Waals surface area (Å²) in [4.78, 5) is 22.4. The number of carboxylic acids is 1. The number of hydrogen-bond acceptors (Lipinski definition) is 3. The molecule has 0 saturated carbocycles. The van der Waals surface area contributed by atoms with Crippen LogP contribution in [-0.2, 0) is 9.59 Å². The zero-order valence-electron chi connectivity index (χ0n) is 10.2. The molecule has 2 unspecified atom stereocenters. The maximum atomic E-state index is 11.5. The summed E-state index contributed by atoms with van der Waals surface area (Å²) >= 11 is 0. The van der Waals surface area contributed by atoms with Crippen LogP contribution in [0.25, 0.3) is 0 Å². The van der Waals surface area contributed by atoms with Crippen LogP contribution in [0.3, 0.4) is 0 Å². The van der Waals surface area contributed by atoms with Gasteiger partial charge in [0.25, 0.3) is 0 Å². The molecule has 0 spiro atoms. The second kappa shape index (κ2) is 6.48. The van der Waals surface area contributed by atoms with Gasteiger partial charge in [0.05, 0.1) is 0 Å². The first kappa shape index (κ1) is 14.9. The van der Waals surface area contributed by atoms with Crippen LogP contribution in [0.2, 0.25) is 0 Å². The number of nitrogens with two attached hydrogens (primary N) is 1. The summed E-state index contributed by atoms with van der Waals surface area (Å²) in [5, 5.41) is 11.5. The molecular weight excluding hydrogens is 208 g/mol. The van der Waals surface area contributed by atoms with Crippen LogP contribution in [-0.4, -0.2) is 28.6 Å². The molecule has 5 heteroatoms. The van der Waals surface area contributed by atoms with Gasteiger partial charge in [0, 0.05) is 12.5 Å². The molecule has 0 aromatic heterocycles. The predicted octanol–water partition coefficient (Wildman–Crippen LogP) is 0.873. The normalized spacial score (nSPS) is 16.2. The van der Waals surface area contributed by atoms with Crippen molar-refractivity contribution in [3.8, 4) is 0 Å². The highest BCUT2D eigenvalue weighted by atomic mass is 16.4. The Balaban J connectivity index is 4.07. The zero-order valence-corrected chi connectivity index (χ0v) is 10.2. The molecule has 2 atom stereocenters. The van der Waals surface area contributed by atoms with E-state index in [1.165, 1.54) is 6.92 Å². The number of hydrogen-bond donors (Lipinski definition) is 3. The minimum absolute atomic E-state index is 0.0739. The zero-order chi connectivity index (χ0) is 12.8. The lowest BCUT2D eigenvalue weighted by Crippen LogP contribution is -2.51. The average molecular weight is 230 g/mol. The third kappa shape index (κ3) is 5.11. The van der Waals surface area contributed by atoms with E-state index in [2.05, 4.69) is 5.32 Å². The van der Waals surface area contributed by atoms with E-state index in [-0.39, 0.29) is 11.9 Å². The highest BCUT2D eigenvalue weighted by Crippen LogP contribution is 2.10. The monoisotopic (exact) mass is 230 g/mol. The van der Waals surface area contributed by atoms with Gasteiger partial charge in [0.15, 0.2) is 0 Å². The van der Waals surface area contributed by atoms with Crippen molar-refractivity contribution in [2.24, 2.45) is 5.73 Å². The molecular formula is C11H22N2O3. The van der Waals surface area contributed by atoms with Crippen molar-refractivity contribution in [2.75, 3.05) is 0 Å². The molecule has 0 fully saturated rings. The maximum Gasteiger partial charge on any atom is 0.329 e. The molecule has 0 aliphatic carbocycles. The topological polar surface area (TPSA) is 92.4 Å². The van der Waals surface area contributed by atoms with Gasteiger partial charge in [-0.05, 0) is 33.1 Å². The van der Waals surface area contributed by atoms with Gasteiger partial charge in [0.1, 0.15) is 5.54 Å². The fraction of sp³-hybridized carbons (Fsp3) is 0.818. The lowest BCUT2D eigenvalue weighted by molar-refractivity contribution is -0.147. The van der Waals surface area contributed by atoms with E-state index in [9.17, 15) is 9.59 Å². The van der Waals surface area contributed by atoms with E-state index in [1.807, 2.05) is 6.92 Å². The fourth-order valence-corrected chi connectivity index (χ4v) is 1.25. The van der Waals surface area contributed by atoms with E-state index in [0.717, 1.165) is 6.42 Å². The summed E-state index contributed by atoms with van der Waals surface area (Å²) in [6.45, 7) is 5.13. The highest BCUT2D eigenvalue weighted by Gasteiger charge is 2.32. The number of rotatable bonds is 7. The van der Waals surface area contributed by atoms with Crippen molar-refractivity contribution >= 4 is 11.9 Å². The van der Waals surface area contributed by atoms with Gasteiger partial charge in [-0.1, -0.05) is 6.92 Å². The quantitative estimate of drug-likeness (QED) is 0.605. The lowest BCUT2D eigenvalue weighted by atomic mass is 9.99. The van der Waals surface area contributed by atoms with Crippen molar-refractivity contribution < 1.29 is 14.7 Å². The summed E-state index contributed by atoms with van der Waals surface area (Å²) in [7, 11) is 0. The van der Waals surface area contributed by atoms with Crippen molar-refractivity contribution in [2.45, 2.75) is 58.0 Å². The number of carbonyl (C=O) groups is 2. The summed E-state index contributed by atoms with van der Waals surface area (Å²) in [6.07, 6.45) is 2.14. The summed E-state index contributed by atoms with van der Waals surface area (Å²) in [5.74, 6) is -1.23. The van der Waals surface area contributed by atoms with E-state index in [1.54, 1.807) is 6.92 Å². The van der Waals surface area contributed by atoms with Crippen LogP contribution in [0, 0.1) is 0 Å². The van der Waals surface area contributed by atoms with Gasteiger partial charge in [-0.2, -0.15) is 0 Å². The van der Waals surface area contributed by atoms with E-state index < -0.39 is 11.5 Å². The standard InChI is InChI=1S/C11H22N2O3/c1-4-11(3,10(15)16)13-9(14)7-5-6-8(2)12/h8H,4-7,12H2,1-3H3,(H,13,14)(H,15,16). The number of carbonyl (C=O) groups excluding carboxylic acids is 1. The van der Waals surface area contributed by atoms with Gasteiger partial charge in [-0.25, -0.2) is 4.79 Å². The van der Waals surface area contributed by atoms with Crippen LogP contribution in [0.15, 0.2) is 0 Å². The SMILES string of the molecule is CCC(C)(NC(=O)CCCC(C)N)C(=O)O. The van der Waals surface area contributed by atoms with Crippen LogP contribution >= 0.6 is 0 Å². The second-order valence-electron chi connectivity index (χ2n) is 4.41. The first-order valence-corrected chi connectivity index (χ1v) is 5.62. The third-order valence-corrected chi connectivity index (χ3v) is 2.66. The summed E-state index contributed by atoms with van der Waals surface area (Å²) in [6, 6.07) is 0.0739. The van der Waals surface area contributed by atoms with E-state index >= 15 is 0 Å². The van der Waals surface area contributed by atoms with Crippen LogP contribution < -0.4 is 11.1 Å². The van der Waals surface area contributed by atoms with Gasteiger partial charge in [0.2, 0.25) is 5.91 Å². The second-order valence-corrected chi connectivity index (χ2v) is 4.41. The summed E-state index contributed by atoms with van der Waals surface area (Å²) < 4.78 is 0. The third-order valence-electron chi connectivity index (χ3n) is 2.66. The maximum absolute atomic E-state index is 11.5. The van der Waals surface area contributed by atoms with Gasteiger partial charge in [-0.3, -0.25) is 4.79 Å². The number of nitrogens with one attached hydrogen (secondary N) is 1.